The quantitative estimate of drug-likeness (QED) is 0.0734. The third-order valence-corrected chi connectivity index (χ3v) is 12.5. The van der Waals surface area contributed by atoms with E-state index in [2.05, 4.69) is 29.8 Å². The number of alkyl halides is 1. The number of esters is 1. The molecule has 0 radical (unpaired) electrons. The fraction of sp³-hybridized carbons (Fsp3) is 0.800. The van der Waals surface area contributed by atoms with Gasteiger partial charge in [0.1, 0.15) is 17.1 Å². The molecule has 280 valence electrons. The van der Waals surface area contributed by atoms with Crippen LogP contribution in [0.4, 0.5) is 0 Å². The molecule has 1 aromatic carbocycles. The van der Waals surface area contributed by atoms with Crippen molar-refractivity contribution < 1.29 is 39.1 Å². The molecule has 1 aromatic rings. The van der Waals surface area contributed by atoms with Crippen molar-refractivity contribution in [2.24, 2.45) is 23.7 Å². The van der Waals surface area contributed by atoms with E-state index in [1.807, 2.05) is 40.7 Å². The summed E-state index contributed by atoms with van der Waals surface area (Å²) in [6.07, 6.45) is 7.48. The Morgan fingerprint density at radius 3 is 2.39 bits per heavy atom. The maximum absolute atomic E-state index is 14.1. The fourth-order valence-corrected chi connectivity index (χ4v) is 8.62. The van der Waals surface area contributed by atoms with Gasteiger partial charge in [-0.05, 0) is 101 Å². The maximum Gasteiger partial charge on any atom is 0.342 e. The van der Waals surface area contributed by atoms with E-state index in [4.69, 9.17) is 14.2 Å². The first-order chi connectivity index (χ1) is 23.2. The molecular formula is C40H65BrO8. The molecule has 49 heavy (non-hydrogen) atoms. The summed E-state index contributed by atoms with van der Waals surface area (Å²) in [7, 11) is 0. The van der Waals surface area contributed by atoms with Crippen molar-refractivity contribution in [2.75, 3.05) is 11.9 Å². The summed E-state index contributed by atoms with van der Waals surface area (Å²) >= 11 is 3.43. The minimum atomic E-state index is -0.877. The minimum Gasteiger partial charge on any atom is -0.507 e. The fourth-order valence-electron chi connectivity index (χ4n) is 8.22. The van der Waals surface area contributed by atoms with Crippen molar-refractivity contribution in [1.29, 1.82) is 0 Å². The highest BCUT2D eigenvalue weighted by atomic mass is 79.9. The number of ether oxygens (including phenoxy) is 3. The highest BCUT2D eigenvalue weighted by molar-refractivity contribution is 9.09. The minimum absolute atomic E-state index is 0.0114. The van der Waals surface area contributed by atoms with Crippen molar-refractivity contribution in [3.8, 4) is 5.75 Å². The van der Waals surface area contributed by atoms with Crippen molar-refractivity contribution in [1.82, 2.24) is 0 Å². The SMILES string of the molecule is CC[C@H](C(=O)[C@H](C)[C@H](O)[C@@H](C)CCc1ccc(C)c(O)c1C(=O)OCCCCCCBr)[C@@H]1O[C@@](CC)([C@@H]2CC[C@@](O)(CC)[C@@H](C)O2)C[C@H]1C. The van der Waals surface area contributed by atoms with Gasteiger partial charge >= 0.3 is 5.97 Å². The number of hydrogen-bond donors (Lipinski definition) is 3. The number of carbonyl (C=O) groups is 2. The maximum atomic E-state index is 14.1. The van der Waals surface area contributed by atoms with Crippen molar-refractivity contribution in [3.63, 3.8) is 0 Å². The number of benzene rings is 1. The lowest BCUT2D eigenvalue weighted by molar-refractivity contribution is -0.229. The highest BCUT2D eigenvalue weighted by Gasteiger charge is 2.55. The van der Waals surface area contributed by atoms with Crippen molar-refractivity contribution >= 4 is 27.7 Å². The van der Waals surface area contributed by atoms with Crippen LogP contribution in [0.2, 0.25) is 0 Å². The second-order valence-electron chi connectivity index (χ2n) is 15.2. The number of unbranched alkanes of at least 4 members (excludes halogenated alkanes) is 3. The zero-order valence-electron chi connectivity index (χ0n) is 31.4. The van der Waals surface area contributed by atoms with E-state index in [9.17, 15) is 24.9 Å². The van der Waals surface area contributed by atoms with Crippen LogP contribution in [0.3, 0.4) is 0 Å². The highest BCUT2D eigenvalue weighted by Crippen LogP contribution is 2.48. The summed E-state index contributed by atoms with van der Waals surface area (Å²) in [4.78, 5) is 27.2. The summed E-state index contributed by atoms with van der Waals surface area (Å²) in [5.41, 5.74) is 0.143. The van der Waals surface area contributed by atoms with Crippen LogP contribution in [0.15, 0.2) is 12.1 Å². The van der Waals surface area contributed by atoms with Gasteiger partial charge < -0.3 is 29.5 Å². The van der Waals surface area contributed by atoms with E-state index in [1.54, 1.807) is 13.0 Å². The van der Waals surface area contributed by atoms with Crippen LogP contribution in [0.1, 0.15) is 141 Å². The number of halogens is 1. The number of aliphatic hydroxyl groups excluding tert-OH is 1. The van der Waals surface area contributed by atoms with Gasteiger partial charge in [0.2, 0.25) is 0 Å². The Labute approximate surface area is 304 Å². The predicted molar refractivity (Wildman–Crippen MR) is 197 cm³/mol. The lowest BCUT2D eigenvalue weighted by Gasteiger charge is -2.47. The number of ketones is 1. The number of aryl methyl sites for hydroxylation is 2. The number of hydrogen-bond acceptors (Lipinski definition) is 8. The van der Waals surface area contributed by atoms with E-state index in [0.717, 1.165) is 50.3 Å². The molecule has 0 unspecified atom stereocenters. The van der Waals surface area contributed by atoms with Crippen molar-refractivity contribution in [2.45, 2.75) is 168 Å². The third-order valence-electron chi connectivity index (χ3n) is 11.9. The molecule has 9 heteroatoms. The molecule has 0 amide bonds. The van der Waals surface area contributed by atoms with E-state index in [1.165, 1.54) is 0 Å². The smallest absolute Gasteiger partial charge is 0.342 e. The average molecular weight is 754 g/mol. The van der Waals surface area contributed by atoms with Gasteiger partial charge in [-0.15, -0.1) is 0 Å². The number of aliphatic hydroxyl groups is 2. The van der Waals surface area contributed by atoms with Gasteiger partial charge in [-0.1, -0.05) is 82.4 Å². The van der Waals surface area contributed by atoms with Gasteiger partial charge in [-0.3, -0.25) is 4.79 Å². The molecule has 2 saturated heterocycles. The zero-order chi connectivity index (χ0) is 36.5. The first-order valence-electron chi connectivity index (χ1n) is 19.0. The number of aromatic hydroxyl groups is 1. The number of rotatable bonds is 19. The standard InChI is InChI=1S/C40H65BrO8/c1-9-31(37-27(6)24-40(11-3,49-37)32-20-21-39(46,10-2)29(8)48-32)36(44)28(7)34(42)25(4)16-18-30-19-17-26(5)35(43)33(30)38(45)47-23-15-13-12-14-22-41/h17,19,25,27-29,31-32,34,37,42-43,46H,9-16,18,20-24H2,1-8H3/t25-,27+,28+,29+,31+,32-,34+,37+,39-,40+/m0/s1. The summed E-state index contributed by atoms with van der Waals surface area (Å²) in [5, 5.41) is 34.2. The van der Waals surface area contributed by atoms with Crippen LogP contribution in [-0.4, -0.2) is 74.6 Å². The van der Waals surface area contributed by atoms with Gasteiger partial charge in [0, 0.05) is 17.2 Å². The van der Waals surface area contributed by atoms with E-state index in [0.29, 0.717) is 49.8 Å². The zero-order valence-corrected chi connectivity index (χ0v) is 33.0. The van der Waals surface area contributed by atoms with E-state index in [-0.39, 0.29) is 53.2 Å². The lowest BCUT2D eigenvalue weighted by Crippen LogP contribution is -2.55. The molecular weight excluding hydrogens is 688 g/mol. The van der Waals surface area contributed by atoms with Crippen LogP contribution < -0.4 is 0 Å². The molecule has 3 N–H and O–H groups in total. The average Bonchev–Trinajstić information content (AvgIpc) is 3.43. The lowest BCUT2D eigenvalue weighted by atomic mass is 9.76. The second kappa shape index (κ2) is 18.8. The van der Waals surface area contributed by atoms with E-state index >= 15 is 0 Å². The topological polar surface area (TPSA) is 123 Å². The molecule has 2 fully saturated rings. The molecule has 2 aliphatic heterocycles. The monoisotopic (exact) mass is 752 g/mol. The van der Waals surface area contributed by atoms with Crippen LogP contribution in [-0.2, 0) is 25.4 Å². The summed E-state index contributed by atoms with van der Waals surface area (Å²) in [6.45, 7) is 16.0. The largest absolute Gasteiger partial charge is 0.507 e. The molecule has 2 aliphatic rings. The molecule has 0 spiro atoms. The number of phenolic OH excluding ortho intramolecular Hbond substituents is 1. The van der Waals surface area contributed by atoms with Gasteiger partial charge in [0.15, 0.2) is 0 Å². The Balaban J connectivity index is 1.65. The van der Waals surface area contributed by atoms with Gasteiger partial charge in [0.05, 0.1) is 42.2 Å². The molecule has 0 saturated carbocycles. The van der Waals surface area contributed by atoms with Crippen LogP contribution in [0.25, 0.3) is 0 Å². The second-order valence-corrected chi connectivity index (χ2v) is 16.0. The van der Waals surface area contributed by atoms with Gasteiger partial charge in [-0.25, -0.2) is 4.79 Å². The molecule has 3 rings (SSSR count). The Kier molecular flexibility index (Phi) is 16.1. The molecule has 2 heterocycles. The van der Waals surface area contributed by atoms with Gasteiger partial charge in [-0.2, -0.15) is 0 Å². The summed E-state index contributed by atoms with van der Waals surface area (Å²) in [6, 6.07) is 3.64. The third kappa shape index (κ3) is 9.88. The normalized spacial score (nSPS) is 29.7. The molecule has 0 bridgehead atoms. The summed E-state index contributed by atoms with van der Waals surface area (Å²) in [5.74, 6) is -1.62. The molecule has 10 atom stereocenters. The number of phenols is 1. The summed E-state index contributed by atoms with van der Waals surface area (Å²) < 4.78 is 18.9. The van der Waals surface area contributed by atoms with Crippen LogP contribution in [0.5, 0.6) is 5.75 Å². The Morgan fingerprint density at radius 2 is 1.78 bits per heavy atom. The first-order valence-corrected chi connectivity index (χ1v) is 20.1. The molecule has 0 aliphatic carbocycles. The number of carbonyl (C=O) groups excluding carboxylic acids is 2. The van der Waals surface area contributed by atoms with Crippen molar-refractivity contribution in [3.05, 3.63) is 28.8 Å². The van der Waals surface area contributed by atoms with Crippen LogP contribution >= 0.6 is 15.9 Å². The van der Waals surface area contributed by atoms with Gasteiger partial charge in [0.25, 0.3) is 0 Å². The molecule has 8 nitrogen and oxygen atoms in total. The Bertz CT molecular complexity index is 1220. The molecule has 0 aromatic heterocycles. The first kappa shape index (κ1) is 41.9. The Hall–Kier alpha value is -1.52. The van der Waals surface area contributed by atoms with E-state index < -0.39 is 29.2 Å². The number of Topliss-reactive ketones (excluding diaryl/α,β-unsaturated/α-hetero) is 1. The van der Waals surface area contributed by atoms with Crippen LogP contribution in [0, 0.1) is 30.6 Å². The Morgan fingerprint density at radius 1 is 1.08 bits per heavy atom. The predicted octanol–water partition coefficient (Wildman–Crippen LogP) is 8.26.